The van der Waals surface area contributed by atoms with Crippen LogP contribution in [0.1, 0.15) is 27.2 Å². The first-order chi connectivity index (χ1) is 16.6. The number of nitrogens with zero attached hydrogens (tertiary/aromatic N) is 3. The zero-order valence-corrected chi connectivity index (χ0v) is 20.6. The Morgan fingerprint density at radius 1 is 0.971 bits per heavy atom. The molecular weight excluding hydrogens is 466 g/mol. The van der Waals surface area contributed by atoms with E-state index in [0.29, 0.717) is 22.8 Å². The average Bonchev–Trinajstić information content (AvgIpc) is 3.04. The molecule has 0 fully saturated rings. The first-order valence-corrected chi connectivity index (χ1v) is 12.3. The Hall–Kier alpha value is -4.18. The lowest BCUT2D eigenvalue weighted by Gasteiger charge is -2.11. The van der Waals surface area contributed by atoms with Gasteiger partial charge in [0.15, 0.2) is 0 Å². The zero-order valence-electron chi connectivity index (χ0n) is 19.7. The largest absolute Gasteiger partial charge is 0.307 e. The third-order valence-electron chi connectivity index (χ3n) is 5.71. The molecule has 180 valence electrons. The van der Waals surface area contributed by atoms with Crippen molar-refractivity contribution < 1.29 is 13.2 Å². The van der Waals surface area contributed by atoms with Crippen molar-refractivity contribution in [3.63, 3.8) is 0 Å². The Balaban J connectivity index is 1.67. The summed E-state index contributed by atoms with van der Waals surface area (Å²) < 4.78 is 31.8. The maximum Gasteiger partial charge on any atom is 0.296 e. The molecular formula is C25H25N5O4S. The Labute approximate surface area is 203 Å². The quantitative estimate of drug-likeness (QED) is 0.428. The minimum absolute atomic E-state index is 0.0632. The second-order valence-corrected chi connectivity index (χ2v) is 9.88. The van der Waals surface area contributed by atoms with Crippen molar-refractivity contribution in [2.45, 2.75) is 25.7 Å². The number of aromatic nitrogens is 3. The van der Waals surface area contributed by atoms with Gasteiger partial charge in [0.05, 0.1) is 16.3 Å². The third-order valence-corrected chi connectivity index (χ3v) is 7.05. The fraction of sp³-hybridized carbons (Fsp3) is 0.160. The molecule has 4 aromatic rings. The third kappa shape index (κ3) is 4.73. The molecule has 0 unspecified atom stereocenters. The highest BCUT2D eigenvalue weighted by atomic mass is 32.2. The lowest BCUT2D eigenvalue weighted by molar-refractivity contribution is 0.102. The molecule has 2 N–H and O–H groups in total. The Morgan fingerprint density at radius 2 is 1.69 bits per heavy atom. The van der Waals surface area contributed by atoms with Gasteiger partial charge in [0.25, 0.3) is 21.5 Å². The highest BCUT2D eigenvalue weighted by molar-refractivity contribution is 7.92. The standard InChI is InChI=1S/C25H25N5O4S/c1-16-10-13-22(26-15-16)27-24(31)21-14-20(12-11-17(21)2)35(33,34)28-23-18(3)29(4)30(25(23)32)19-8-6-5-7-9-19/h5-15,28H,1-4H3,(H,26,27,31). The van der Waals surface area contributed by atoms with Crippen LogP contribution in [0.25, 0.3) is 5.69 Å². The molecule has 0 aliphatic rings. The van der Waals surface area contributed by atoms with Crippen LogP contribution in [0.15, 0.2) is 76.6 Å². The number of hydrogen-bond donors (Lipinski definition) is 2. The van der Waals surface area contributed by atoms with E-state index in [2.05, 4.69) is 15.0 Å². The molecule has 10 heteroatoms. The molecule has 0 spiro atoms. The number of pyridine rings is 1. The van der Waals surface area contributed by atoms with Crippen LogP contribution in [0.5, 0.6) is 0 Å². The van der Waals surface area contributed by atoms with E-state index in [1.54, 1.807) is 68.2 Å². The number of para-hydroxylation sites is 1. The van der Waals surface area contributed by atoms with E-state index in [0.717, 1.165) is 5.56 Å². The summed E-state index contributed by atoms with van der Waals surface area (Å²) in [5, 5.41) is 2.68. The molecule has 2 aromatic heterocycles. The Bertz CT molecular complexity index is 1570. The van der Waals surface area contributed by atoms with E-state index in [-0.39, 0.29) is 16.1 Å². The summed E-state index contributed by atoms with van der Waals surface area (Å²) in [6.45, 7) is 5.25. The fourth-order valence-corrected chi connectivity index (χ4v) is 4.76. The fourth-order valence-electron chi connectivity index (χ4n) is 3.62. The first-order valence-electron chi connectivity index (χ1n) is 10.8. The molecule has 0 saturated carbocycles. The summed E-state index contributed by atoms with van der Waals surface area (Å²) >= 11 is 0. The van der Waals surface area contributed by atoms with Gasteiger partial charge in [0, 0.05) is 18.8 Å². The molecule has 0 atom stereocenters. The molecule has 0 aliphatic heterocycles. The number of anilines is 2. The minimum Gasteiger partial charge on any atom is -0.307 e. The smallest absolute Gasteiger partial charge is 0.296 e. The predicted octanol–water partition coefficient (Wildman–Crippen LogP) is 3.55. The van der Waals surface area contributed by atoms with E-state index < -0.39 is 21.5 Å². The highest BCUT2D eigenvalue weighted by Crippen LogP contribution is 2.21. The number of hydrogen-bond acceptors (Lipinski definition) is 5. The Kier molecular flexibility index (Phi) is 6.31. The topological polar surface area (TPSA) is 115 Å². The molecule has 0 saturated heterocycles. The lowest BCUT2D eigenvalue weighted by Crippen LogP contribution is -2.23. The summed E-state index contributed by atoms with van der Waals surface area (Å²) in [4.78, 5) is 30.0. The van der Waals surface area contributed by atoms with E-state index in [1.165, 1.54) is 16.8 Å². The highest BCUT2D eigenvalue weighted by Gasteiger charge is 2.24. The van der Waals surface area contributed by atoms with Gasteiger partial charge < -0.3 is 5.32 Å². The van der Waals surface area contributed by atoms with Gasteiger partial charge in [-0.15, -0.1) is 0 Å². The summed E-state index contributed by atoms with van der Waals surface area (Å²) in [7, 11) is -2.49. The van der Waals surface area contributed by atoms with Crippen LogP contribution in [0.3, 0.4) is 0 Å². The lowest BCUT2D eigenvalue weighted by atomic mass is 10.1. The first kappa shape index (κ1) is 24.0. The van der Waals surface area contributed by atoms with Crippen LogP contribution in [-0.4, -0.2) is 28.7 Å². The van der Waals surface area contributed by atoms with Crippen LogP contribution in [0.2, 0.25) is 0 Å². The Morgan fingerprint density at radius 3 is 2.34 bits per heavy atom. The number of aryl methyl sites for hydroxylation is 2. The van der Waals surface area contributed by atoms with Gasteiger partial charge in [-0.1, -0.05) is 30.3 Å². The van der Waals surface area contributed by atoms with Gasteiger partial charge in [-0.05, 0) is 62.2 Å². The maximum atomic E-state index is 13.2. The molecule has 35 heavy (non-hydrogen) atoms. The second kappa shape index (κ2) is 9.22. The molecule has 4 rings (SSSR count). The second-order valence-electron chi connectivity index (χ2n) is 8.19. The van der Waals surface area contributed by atoms with Crippen molar-refractivity contribution in [2.24, 2.45) is 7.05 Å². The van der Waals surface area contributed by atoms with E-state index in [1.807, 2.05) is 19.1 Å². The molecule has 2 aromatic carbocycles. The van der Waals surface area contributed by atoms with Crippen LogP contribution >= 0.6 is 0 Å². The molecule has 0 radical (unpaired) electrons. The normalized spacial score (nSPS) is 11.3. The number of benzene rings is 2. The number of sulfonamides is 1. The summed E-state index contributed by atoms with van der Waals surface area (Å²) in [5.74, 6) is -0.133. The summed E-state index contributed by atoms with van der Waals surface area (Å²) in [6, 6.07) is 16.6. The number of rotatable bonds is 6. The minimum atomic E-state index is -4.17. The zero-order chi connectivity index (χ0) is 25.3. The summed E-state index contributed by atoms with van der Waals surface area (Å²) in [5.41, 5.74) is 2.20. The molecule has 9 nitrogen and oxygen atoms in total. The van der Waals surface area contributed by atoms with Gasteiger partial charge in [-0.2, -0.15) is 0 Å². The van der Waals surface area contributed by atoms with Crippen molar-refractivity contribution in [2.75, 3.05) is 10.0 Å². The summed E-state index contributed by atoms with van der Waals surface area (Å²) in [6.07, 6.45) is 1.62. The van der Waals surface area contributed by atoms with E-state index in [4.69, 9.17) is 0 Å². The van der Waals surface area contributed by atoms with Crippen molar-refractivity contribution in [1.29, 1.82) is 0 Å². The van der Waals surface area contributed by atoms with Crippen molar-refractivity contribution >= 4 is 27.4 Å². The predicted molar refractivity (Wildman–Crippen MR) is 135 cm³/mol. The van der Waals surface area contributed by atoms with Gasteiger partial charge in [0.2, 0.25) is 0 Å². The SMILES string of the molecule is Cc1ccc(NC(=O)c2cc(S(=O)(=O)Nc3c(C)n(C)n(-c4ccccc4)c3=O)ccc2C)nc1. The van der Waals surface area contributed by atoms with Crippen molar-refractivity contribution in [3.8, 4) is 5.69 Å². The number of amides is 1. The van der Waals surface area contributed by atoms with Gasteiger partial charge in [-0.25, -0.2) is 18.1 Å². The maximum absolute atomic E-state index is 13.2. The van der Waals surface area contributed by atoms with Gasteiger partial charge in [-0.3, -0.25) is 19.0 Å². The number of nitrogens with one attached hydrogen (secondary N) is 2. The van der Waals surface area contributed by atoms with Crippen LogP contribution < -0.4 is 15.6 Å². The molecule has 2 heterocycles. The van der Waals surface area contributed by atoms with Gasteiger partial charge >= 0.3 is 0 Å². The van der Waals surface area contributed by atoms with Crippen LogP contribution in [0, 0.1) is 20.8 Å². The molecule has 0 bridgehead atoms. The molecule has 0 aliphatic carbocycles. The monoisotopic (exact) mass is 491 g/mol. The van der Waals surface area contributed by atoms with Crippen molar-refractivity contribution in [1.82, 2.24) is 14.3 Å². The van der Waals surface area contributed by atoms with Crippen LogP contribution in [0.4, 0.5) is 11.5 Å². The average molecular weight is 492 g/mol. The number of carbonyl (C=O) groups excluding carboxylic acids is 1. The van der Waals surface area contributed by atoms with E-state index >= 15 is 0 Å². The van der Waals surface area contributed by atoms with Crippen molar-refractivity contribution in [3.05, 3.63) is 99.6 Å². The van der Waals surface area contributed by atoms with E-state index in [9.17, 15) is 18.0 Å². The molecule has 1 amide bonds. The van der Waals surface area contributed by atoms with Crippen LogP contribution in [-0.2, 0) is 17.1 Å². The number of carbonyl (C=O) groups is 1. The van der Waals surface area contributed by atoms with Gasteiger partial charge in [0.1, 0.15) is 11.5 Å².